The first kappa shape index (κ1) is 30.4. The van der Waals surface area contributed by atoms with Crippen molar-refractivity contribution in [1.29, 1.82) is 0 Å². The van der Waals surface area contributed by atoms with Gasteiger partial charge in [-0.05, 0) is 74.2 Å². The van der Waals surface area contributed by atoms with Crippen molar-refractivity contribution >= 4 is 39.1 Å². The number of nitrogens with one attached hydrogen (secondary N) is 1. The molecule has 0 bridgehead atoms. The molecule has 8 nitrogen and oxygen atoms in total. The molecule has 218 valence electrons. The first-order valence-electron chi connectivity index (χ1n) is 13.7. The molecule has 3 aromatic rings. The van der Waals surface area contributed by atoms with E-state index in [2.05, 4.69) is 5.32 Å². The van der Waals surface area contributed by atoms with Gasteiger partial charge in [0.15, 0.2) is 0 Å². The molecule has 1 atom stereocenters. The summed E-state index contributed by atoms with van der Waals surface area (Å²) in [4.78, 5) is 28.9. The molecule has 10 heteroatoms. The third kappa shape index (κ3) is 7.40. The number of nitrogens with zero attached hydrogens (tertiary/aromatic N) is 2. The first-order chi connectivity index (χ1) is 19.6. The fourth-order valence-electron chi connectivity index (χ4n) is 4.99. The third-order valence-electron chi connectivity index (χ3n) is 7.43. The molecule has 0 unspecified atom stereocenters. The van der Waals surface area contributed by atoms with Crippen LogP contribution in [0.4, 0.5) is 5.69 Å². The molecule has 1 aliphatic rings. The molecular weight excluding hydrogens is 562 g/mol. The quantitative estimate of drug-likeness (QED) is 0.322. The van der Waals surface area contributed by atoms with Gasteiger partial charge in [0, 0.05) is 17.6 Å². The van der Waals surface area contributed by atoms with E-state index in [1.54, 1.807) is 63.4 Å². The second kappa shape index (κ2) is 13.4. The summed E-state index contributed by atoms with van der Waals surface area (Å²) in [6.45, 7) is 3.02. The molecule has 1 fully saturated rings. The molecule has 2 amide bonds. The number of aryl methyl sites for hydroxylation is 1. The first-order valence-corrected chi connectivity index (χ1v) is 15.5. The monoisotopic (exact) mass is 597 g/mol. The van der Waals surface area contributed by atoms with E-state index in [1.807, 2.05) is 12.1 Å². The second-order valence-electron chi connectivity index (χ2n) is 10.3. The van der Waals surface area contributed by atoms with Crippen LogP contribution in [0.3, 0.4) is 0 Å². The minimum atomic E-state index is -4.16. The van der Waals surface area contributed by atoms with Gasteiger partial charge in [-0.2, -0.15) is 0 Å². The van der Waals surface area contributed by atoms with Gasteiger partial charge in [0.05, 0.1) is 17.7 Å². The number of methoxy groups -OCH3 is 1. The Labute approximate surface area is 247 Å². The zero-order chi connectivity index (χ0) is 29.6. The average Bonchev–Trinajstić information content (AvgIpc) is 3.49. The fraction of sp³-hybridized carbons (Fsp3) is 0.355. The summed E-state index contributed by atoms with van der Waals surface area (Å²) in [5.74, 6) is -0.126. The van der Waals surface area contributed by atoms with E-state index in [0.29, 0.717) is 22.0 Å². The van der Waals surface area contributed by atoms with Gasteiger partial charge in [0.1, 0.15) is 18.3 Å². The van der Waals surface area contributed by atoms with Crippen LogP contribution in [0.25, 0.3) is 0 Å². The molecule has 0 spiro atoms. The van der Waals surface area contributed by atoms with Gasteiger partial charge in [0.2, 0.25) is 11.8 Å². The number of carbonyl (C=O) groups excluding carboxylic acids is 2. The molecule has 3 aromatic carbocycles. The smallest absolute Gasteiger partial charge is 0.264 e. The summed E-state index contributed by atoms with van der Waals surface area (Å²) in [7, 11) is -2.59. The van der Waals surface area contributed by atoms with E-state index in [0.717, 1.165) is 35.6 Å². The van der Waals surface area contributed by atoms with Crippen LogP contribution in [-0.4, -0.2) is 50.9 Å². The summed E-state index contributed by atoms with van der Waals surface area (Å²) < 4.78 is 34.2. The SMILES string of the molecule is COc1ccc(CN(C(=O)CN(c2cc(Cl)ccc2C)S(=O)(=O)c2ccccc2)[C@@H](C)C(=O)NC2CCCC2)cc1. The summed E-state index contributed by atoms with van der Waals surface area (Å²) >= 11 is 6.28. The molecule has 4 rings (SSSR count). The van der Waals surface area contributed by atoms with Crippen molar-refractivity contribution in [3.63, 3.8) is 0 Å². The minimum absolute atomic E-state index is 0.0425. The zero-order valence-electron chi connectivity index (χ0n) is 23.5. The molecule has 1 aliphatic carbocycles. The van der Waals surface area contributed by atoms with Crippen molar-refractivity contribution in [2.45, 2.75) is 63.1 Å². The minimum Gasteiger partial charge on any atom is -0.497 e. The van der Waals surface area contributed by atoms with Crippen molar-refractivity contribution in [1.82, 2.24) is 10.2 Å². The zero-order valence-corrected chi connectivity index (χ0v) is 25.1. The van der Waals surface area contributed by atoms with Gasteiger partial charge in [-0.25, -0.2) is 8.42 Å². The van der Waals surface area contributed by atoms with E-state index in [1.165, 1.54) is 23.1 Å². The molecule has 0 radical (unpaired) electrons. The maximum Gasteiger partial charge on any atom is 0.264 e. The normalized spacial score (nSPS) is 14.3. The van der Waals surface area contributed by atoms with Gasteiger partial charge in [0.25, 0.3) is 10.0 Å². The summed E-state index contributed by atoms with van der Waals surface area (Å²) in [5, 5.41) is 3.41. The van der Waals surface area contributed by atoms with E-state index in [4.69, 9.17) is 16.3 Å². The number of halogens is 1. The lowest BCUT2D eigenvalue weighted by atomic mass is 10.1. The molecule has 41 heavy (non-hydrogen) atoms. The predicted molar refractivity (Wildman–Crippen MR) is 161 cm³/mol. The van der Waals surface area contributed by atoms with Crippen molar-refractivity contribution in [2.24, 2.45) is 0 Å². The molecule has 0 saturated heterocycles. The lowest BCUT2D eigenvalue weighted by Crippen LogP contribution is -2.52. The molecule has 0 aliphatic heterocycles. The van der Waals surface area contributed by atoms with Crippen LogP contribution in [0.5, 0.6) is 5.75 Å². The van der Waals surface area contributed by atoms with Crippen LogP contribution in [0.1, 0.15) is 43.7 Å². The number of rotatable bonds is 11. The molecule has 1 N–H and O–H groups in total. The molecular formula is C31H36ClN3O5S. The van der Waals surface area contributed by atoms with Crippen LogP contribution < -0.4 is 14.4 Å². The van der Waals surface area contributed by atoms with Crippen molar-refractivity contribution in [3.8, 4) is 5.75 Å². The van der Waals surface area contributed by atoms with Crippen molar-refractivity contribution in [2.75, 3.05) is 18.0 Å². The van der Waals surface area contributed by atoms with E-state index < -0.39 is 28.5 Å². The van der Waals surface area contributed by atoms with E-state index in [-0.39, 0.29) is 23.4 Å². The predicted octanol–water partition coefficient (Wildman–Crippen LogP) is 5.33. The molecule has 0 heterocycles. The highest BCUT2D eigenvalue weighted by Crippen LogP contribution is 2.30. The Morgan fingerprint density at radius 3 is 2.32 bits per heavy atom. The van der Waals surface area contributed by atoms with Gasteiger partial charge in [-0.15, -0.1) is 0 Å². The van der Waals surface area contributed by atoms with E-state index >= 15 is 0 Å². The topological polar surface area (TPSA) is 96.0 Å². The van der Waals surface area contributed by atoms with Gasteiger partial charge in [-0.1, -0.05) is 60.8 Å². The number of anilines is 1. The highest BCUT2D eigenvalue weighted by Gasteiger charge is 2.34. The van der Waals surface area contributed by atoms with Crippen molar-refractivity contribution < 1.29 is 22.7 Å². The Morgan fingerprint density at radius 2 is 1.68 bits per heavy atom. The fourth-order valence-corrected chi connectivity index (χ4v) is 6.64. The van der Waals surface area contributed by atoms with Crippen LogP contribution >= 0.6 is 11.6 Å². The van der Waals surface area contributed by atoms with Gasteiger partial charge < -0.3 is 15.0 Å². The number of amides is 2. The summed E-state index contributed by atoms with van der Waals surface area (Å²) in [6, 6.07) is 19.3. The largest absolute Gasteiger partial charge is 0.497 e. The maximum atomic E-state index is 14.1. The Morgan fingerprint density at radius 1 is 1.02 bits per heavy atom. The molecule has 1 saturated carbocycles. The Kier molecular flexibility index (Phi) is 9.94. The highest BCUT2D eigenvalue weighted by atomic mass is 35.5. The van der Waals surface area contributed by atoms with E-state index in [9.17, 15) is 18.0 Å². The standard InChI is InChI=1S/C31H36ClN3O5S/c1-22-13-16-25(32)19-29(22)35(41(38,39)28-11-5-4-6-12-28)21-30(36)34(20-24-14-17-27(40-3)18-15-24)23(2)31(37)33-26-9-7-8-10-26/h4-6,11-19,23,26H,7-10,20-21H2,1-3H3,(H,33,37)/t23-/m0/s1. The lowest BCUT2D eigenvalue weighted by molar-refractivity contribution is -0.139. The number of ether oxygens (including phenoxy) is 1. The number of sulfonamides is 1. The Bertz CT molecular complexity index is 1460. The van der Waals surface area contributed by atoms with Gasteiger partial charge >= 0.3 is 0 Å². The van der Waals surface area contributed by atoms with Crippen LogP contribution in [-0.2, 0) is 26.2 Å². The number of benzene rings is 3. The number of hydrogen-bond donors (Lipinski definition) is 1. The number of carbonyl (C=O) groups is 2. The van der Waals surface area contributed by atoms with Crippen LogP contribution in [0.15, 0.2) is 77.7 Å². The summed E-state index contributed by atoms with van der Waals surface area (Å²) in [6.07, 6.45) is 3.92. The lowest BCUT2D eigenvalue weighted by Gasteiger charge is -2.33. The summed E-state index contributed by atoms with van der Waals surface area (Å²) in [5.41, 5.74) is 1.70. The maximum absolute atomic E-state index is 14.1. The highest BCUT2D eigenvalue weighted by molar-refractivity contribution is 7.92. The number of hydrogen-bond acceptors (Lipinski definition) is 5. The Balaban J connectivity index is 1.70. The van der Waals surface area contributed by atoms with Crippen LogP contribution in [0.2, 0.25) is 5.02 Å². The average molecular weight is 598 g/mol. The van der Waals surface area contributed by atoms with Crippen LogP contribution in [0, 0.1) is 6.92 Å². The van der Waals surface area contributed by atoms with Crippen molar-refractivity contribution in [3.05, 3.63) is 88.9 Å². The Hall–Kier alpha value is -3.56. The molecule has 0 aromatic heterocycles. The van der Waals surface area contributed by atoms with Gasteiger partial charge in [-0.3, -0.25) is 13.9 Å². The second-order valence-corrected chi connectivity index (χ2v) is 12.6. The third-order valence-corrected chi connectivity index (χ3v) is 9.44.